The highest BCUT2D eigenvalue weighted by Crippen LogP contribution is 2.26. The number of nitriles is 1. The van der Waals surface area contributed by atoms with Crippen molar-refractivity contribution in [2.45, 2.75) is 19.1 Å². The van der Waals surface area contributed by atoms with E-state index in [0.717, 1.165) is 0 Å². The second-order valence-corrected chi connectivity index (χ2v) is 4.23. The molecule has 0 aliphatic carbocycles. The minimum atomic E-state index is -4.46. The first-order valence-corrected chi connectivity index (χ1v) is 5.96. The molecule has 0 heterocycles. The van der Waals surface area contributed by atoms with E-state index in [1.165, 1.54) is 32.2 Å². The molecule has 1 amide bonds. The van der Waals surface area contributed by atoms with Gasteiger partial charge in [-0.2, -0.15) is 18.4 Å². The molecule has 0 radical (unpaired) electrons. The van der Waals surface area contributed by atoms with Crippen LogP contribution in [0.25, 0.3) is 0 Å². The molecule has 1 atom stereocenters. The summed E-state index contributed by atoms with van der Waals surface area (Å²) in [4.78, 5) is 11.6. The normalized spacial score (nSPS) is 12.2. The molecule has 2 N–H and O–H groups in total. The maximum Gasteiger partial charge on any atom is 0.405 e. The van der Waals surface area contributed by atoms with Gasteiger partial charge in [0.2, 0.25) is 5.91 Å². The topological polar surface area (TPSA) is 74.1 Å². The fraction of sp³-hybridized carbons (Fsp3) is 0.385. The number of amides is 1. The molecule has 0 aliphatic rings. The molecule has 1 unspecified atom stereocenters. The number of benzene rings is 1. The number of carbonyl (C=O) groups excluding carboxylic acids is 1. The molecule has 0 aromatic heterocycles. The Hall–Kier alpha value is -2.43. The van der Waals surface area contributed by atoms with Crippen molar-refractivity contribution in [2.75, 3.05) is 19.0 Å². The highest BCUT2D eigenvalue weighted by molar-refractivity contribution is 5.84. The van der Waals surface area contributed by atoms with Crippen LogP contribution < -0.4 is 15.4 Å². The molecule has 1 aromatic carbocycles. The molecule has 114 valence electrons. The minimum absolute atomic E-state index is 0.324. The first kappa shape index (κ1) is 16.6. The van der Waals surface area contributed by atoms with Crippen molar-refractivity contribution in [3.05, 3.63) is 23.8 Å². The quantitative estimate of drug-likeness (QED) is 0.873. The Morgan fingerprint density at radius 2 is 2.14 bits per heavy atom. The van der Waals surface area contributed by atoms with E-state index in [1.807, 2.05) is 6.07 Å². The smallest absolute Gasteiger partial charge is 0.405 e. The Labute approximate surface area is 119 Å². The number of anilines is 1. The molecule has 0 bridgehead atoms. The van der Waals surface area contributed by atoms with Gasteiger partial charge in [0.1, 0.15) is 18.3 Å². The molecular formula is C13H14F3N3O2. The van der Waals surface area contributed by atoms with Crippen molar-refractivity contribution in [1.82, 2.24) is 5.32 Å². The van der Waals surface area contributed by atoms with Crippen LogP contribution in [-0.4, -0.2) is 31.8 Å². The van der Waals surface area contributed by atoms with E-state index >= 15 is 0 Å². The zero-order valence-corrected chi connectivity index (χ0v) is 11.4. The summed E-state index contributed by atoms with van der Waals surface area (Å²) in [5, 5.41) is 13.3. The van der Waals surface area contributed by atoms with Gasteiger partial charge in [0.05, 0.1) is 24.4 Å². The van der Waals surface area contributed by atoms with Crippen LogP contribution in [0.5, 0.6) is 5.75 Å². The third-order valence-corrected chi connectivity index (χ3v) is 2.56. The zero-order valence-electron chi connectivity index (χ0n) is 11.4. The lowest BCUT2D eigenvalue weighted by Crippen LogP contribution is -2.42. The number of nitrogens with zero attached hydrogens (tertiary/aromatic N) is 1. The average Bonchev–Trinajstić information content (AvgIpc) is 2.44. The Kier molecular flexibility index (Phi) is 5.41. The standard InChI is InChI=1S/C13H14F3N3O2/c1-8(12(20)18-7-13(14,15)16)19-10-4-3-9(6-17)5-11(10)21-2/h3-5,8,19H,7H2,1-2H3,(H,18,20). The molecule has 1 aromatic rings. The van der Waals surface area contributed by atoms with Crippen molar-refractivity contribution < 1.29 is 22.7 Å². The summed E-state index contributed by atoms with van der Waals surface area (Å²) in [5.74, 6) is -0.469. The van der Waals surface area contributed by atoms with Crippen molar-refractivity contribution >= 4 is 11.6 Å². The predicted molar refractivity (Wildman–Crippen MR) is 69.9 cm³/mol. The second kappa shape index (κ2) is 6.83. The molecule has 0 saturated carbocycles. The third-order valence-electron chi connectivity index (χ3n) is 2.56. The van der Waals surface area contributed by atoms with Gasteiger partial charge >= 0.3 is 6.18 Å². The minimum Gasteiger partial charge on any atom is -0.495 e. The number of nitrogens with one attached hydrogen (secondary N) is 2. The van der Waals surface area contributed by atoms with Gasteiger partial charge in [-0.3, -0.25) is 4.79 Å². The molecule has 0 fully saturated rings. The maximum absolute atomic E-state index is 12.0. The monoisotopic (exact) mass is 301 g/mol. The number of rotatable bonds is 5. The Morgan fingerprint density at radius 3 is 2.67 bits per heavy atom. The number of carbonyl (C=O) groups is 1. The summed E-state index contributed by atoms with van der Waals surface area (Å²) in [6, 6.07) is 5.52. The molecule has 8 heteroatoms. The second-order valence-electron chi connectivity index (χ2n) is 4.23. The Bertz CT molecular complexity index is 553. The average molecular weight is 301 g/mol. The number of halogens is 3. The molecule has 21 heavy (non-hydrogen) atoms. The van der Waals surface area contributed by atoms with Crippen LogP contribution in [-0.2, 0) is 4.79 Å². The molecule has 1 rings (SSSR count). The van der Waals surface area contributed by atoms with Gasteiger partial charge in [0.15, 0.2) is 0 Å². The van der Waals surface area contributed by atoms with E-state index in [-0.39, 0.29) is 0 Å². The van der Waals surface area contributed by atoms with Gasteiger partial charge in [-0.05, 0) is 19.1 Å². The fourth-order valence-electron chi connectivity index (χ4n) is 1.52. The van der Waals surface area contributed by atoms with E-state index in [1.54, 1.807) is 5.32 Å². The molecule has 5 nitrogen and oxygen atoms in total. The SMILES string of the molecule is COc1cc(C#N)ccc1NC(C)C(=O)NCC(F)(F)F. The molecule has 0 spiro atoms. The van der Waals surface area contributed by atoms with E-state index in [9.17, 15) is 18.0 Å². The van der Waals surface area contributed by atoms with Crippen LogP contribution >= 0.6 is 0 Å². The van der Waals surface area contributed by atoms with Crippen LogP contribution in [0.4, 0.5) is 18.9 Å². The van der Waals surface area contributed by atoms with Gasteiger partial charge in [0.25, 0.3) is 0 Å². The van der Waals surface area contributed by atoms with Gasteiger partial charge in [-0.15, -0.1) is 0 Å². The largest absolute Gasteiger partial charge is 0.495 e. The van der Waals surface area contributed by atoms with Gasteiger partial charge in [-0.1, -0.05) is 0 Å². The van der Waals surface area contributed by atoms with Crippen LogP contribution in [0.1, 0.15) is 12.5 Å². The summed E-state index contributed by atoms with van der Waals surface area (Å²) >= 11 is 0. The lowest BCUT2D eigenvalue weighted by atomic mass is 10.2. The van der Waals surface area contributed by atoms with E-state index < -0.39 is 24.7 Å². The summed E-state index contributed by atoms with van der Waals surface area (Å²) in [6.07, 6.45) is -4.46. The van der Waals surface area contributed by atoms with Crippen LogP contribution in [0, 0.1) is 11.3 Å². The lowest BCUT2D eigenvalue weighted by Gasteiger charge is -2.18. The predicted octanol–water partition coefficient (Wildman–Crippen LogP) is 2.05. The van der Waals surface area contributed by atoms with E-state index in [4.69, 9.17) is 10.00 Å². The van der Waals surface area contributed by atoms with Crippen molar-refractivity contribution in [3.63, 3.8) is 0 Å². The van der Waals surface area contributed by atoms with E-state index in [0.29, 0.717) is 17.0 Å². The van der Waals surface area contributed by atoms with Crippen molar-refractivity contribution in [2.24, 2.45) is 0 Å². The maximum atomic E-state index is 12.0. The van der Waals surface area contributed by atoms with Crippen molar-refractivity contribution in [3.8, 4) is 11.8 Å². The lowest BCUT2D eigenvalue weighted by molar-refractivity contribution is -0.138. The summed E-state index contributed by atoms with van der Waals surface area (Å²) < 4.78 is 41.1. The van der Waals surface area contributed by atoms with E-state index in [2.05, 4.69) is 5.32 Å². The number of hydrogen-bond acceptors (Lipinski definition) is 4. The zero-order chi connectivity index (χ0) is 16.0. The number of hydrogen-bond donors (Lipinski definition) is 2. The fourth-order valence-corrected chi connectivity index (χ4v) is 1.52. The summed E-state index contributed by atoms with van der Waals surface area (Å²) in [7, 11) is 1.38. The van der Waals surface area contributed by atoms with Gasteiger partial charge in [-0.25, -0.2) is 0 Å². The molecular weight excluding hydrogens is 287 g/mol. The van der Waals surface area contributed by atoms with Gasteiger partial charge < -0.3 is 15.4 Å². The van der Waals surface area contributed by atoms with Gasteiger partial charge in [0, 0.05) is 6.07 Å². The number of ether oxygens (including phenoxy) is 1. The Balaban J connectivity index is 2.72. The third kappa shape index (κ3) is 5.22. The molecule has 0 aliphatic heterocycles. The summed E-state index contributed by atoms with van der Waals surface area (Å²) in [5.41, 5.74) is 0.776. The first-order chi connectivity index (χ1) is 9.76. The van der Waals surface area contributed by atoms with Crippen LogP contribution in [0.2, 0.25) is 0 Å². The van der Waals surface area contributed by atoms with Crippen LogP contribution in [0.15, 0.2) is 18.2 Å². The number of methoxy groups -OCH3 is 1. The van der Waals surface area contributed by atoms with Crippen molar-refractivity contribution in [1.29, 1.82) is 5.26 Å². The molecule has 0 saturated heterocycles. The first-order valence-electron chi connectivity index (χ1n) is 5.96. The Morgan fingerprint density at radius 1 is 1.48 bits per heavy atom. The highest BCUT2D eigenvalue weighted by Gasteiger charge is 2.28. The summed E-state index contributed by atoms with van der Waals surface area (Å²) in [6.45, 7) is 0.0334. The van der Waals surface area contributed by atoms with Crippen LogP contribution in [0.3, 0.4) is 0 Å². The number of alkyl halides is 3. The highest BCUT2D eigenvalue weighted by atomic mass is 19.4.